The third-order valence-corrected chi connectivity index (χ3v) is 13.4. The van der Waals surface area contributed by atoms with Gasteiger partial charge in [0, 0.05) is 49.9 Å². The number of carbonyl (C=O) groups excluding carboxylic acids is 6. The monoisotopic (exact) mass is 1010 g/mol. The highest BCUT2D eigenvalue weighted by Crippen LogP contribution is 2.32. The molecule has 1 saturated carbocycles. The number of benzene rings is 2. The van der Waals surface area contributed by atoms with Crippen LogP contribution in [0, 0.1) is 11.8 Å². The number of halogens is 2. The van der Waals surface area contributed by atoms with Gasteiger partial charge in [-0.15, -0.1) is 0 Å². The topological polar surface area (TPSA) is 229 Å². The summed E-state index contributed by atoms with van der Waals surface area (Å²) in [4.78, 5) is 88.2. The highest BCUT2D eigenvalue weighted by atomic mass is 19.3. The number of alkyl halides is 2. The first-order valence-electron chi connectivity index (χ1n) is 24.8. The molecule has 1 atom stereocenters. The molecule has 5 aromatic rings. The van der Waals surface area contributed by atoms with E-state index in [1.165, 1.54) is 23.7 Å². The van der Waals surface area contributed by atoms with E-state index in [1.807, 2.05) is 6.07 Å². The van der Waals surface area contributed by atoms with Gasteiger partial charge in [0.05, 0.1) is 61.7 Å². The van der Waals surface area contributed by atoms with Crippen LogP contribution in [-0.2, 0) is 30.2 Å². The molecule has 3 fully saturated rings. The summed E-state index contributed by atoms with van der Waals surface area (Å²) in [6.45, 7) is 6.06. The van der Waals surface area contributed by atoms with E-state index in [2.05, 4.69) is 35.9 Å². The summed E-state index contributed by atoms with van der Waals surface area (Å²) in [6.07, 6.45) is 7.16. The van der Waals surface area contributed by atoms with Crippen LogP contribution in [0.2, 0.25) is 0 Å². The highest BCUT2D eigenvalue weighted by molar-refractivity contribution is 6.23. The van der Waals surface area contributed by atoms with E-state index in [9.17, 15) is 37.5 Å². The van der Waals surface area contributed by atoms with Crippen molar-refractivity contribution >= 4 is 46.8 Å². The average molecular weight is 1010 g/mol. The van der Waals surface area contributed by atoms with Crippen LogP contribution >= 0.6 is 0 Å². The van der Waals surface area contributed by atoms with Gasteiger partial charge in [-0.3, -0.25) is 39.0 Å². The molecule has 3 aliphatic heterocycles. The number of hydrogen-bond donors (Lipinski definition) is 3. The lowest BCUT2D eigenvalue weighted by molar-refractivity contribution is -0.136. The minimum absolute atomic E-state index is 0.0805. The van der Waals surface area contributed by atoms with Crippen molar-refractivity contribution in [2.75, 3.05) is 76.5 Å². The SMILES string of the molecule is O=C1CCC(N2C(=O)c3ccc(CC4CCN(CCOCCOCCOCCCC(=O)c5ccc(-n6cc(NC(=O)c7coc(-c8ccnc(NCC9CC9)c8)n7)c(C(F)F)n6)cc5)CC4)cc3C2=O)C(=O)N1. The molecule has 0 bridgehead atoms. The van der Waals surface area contributed by atoms with E-state index >= 15 is 0 Å². The summed E-state index contributed by atoms with van der Waals surface area (Å²) in [7, 11) is 0. The Morgan fingerprint density at radius 2 is 1.58 bits per heavy atom. The Balaban J connectivity index is 0.611. The minimum Gasteiger partial charge on any atom is -0.444 e. The van der Waals surface area contributed by atoms with E-state index in [0.29, 0.717) is 86.1 Å². The molecular weight excluding hydrogens is 949 g/mol. The number of Topliss-reactive ketones (excluding diaryl/α,β-unsaturated/α-hetero) is 1. The van der Waals surface area contributed by atoms with Gasteiger partial charge in [-0.2, -0.15) is 5.10 Å². The molecule has 5 amide bonds. The quantitative estimate of drug-likeness (QED) is 0.0331. The molecule has 3 aromatic heterocycles. The van der Waals surface area contributed by atoms with Gasteiger partial charge in [0.15, 0.2) is 17.2 Å². The second-order valence-corrected chi connectivity index (χ2v) is 18.6. The smallest absolute Gasteiger partial charge is 0.284 e. The first-order valence-corrected chi connectivity index (χ1v) is 24.8. The van der Waals surface area contributed by atoms with Gasteiger partial charge in [-0.05, 0) is 124 Å². The first-order chi connectivity index (χ1) is 35.5. The molecule has 9 rings (SSSR count). The maximum Gasteiger partial charge on any atom is 0.284 e. The standard InChI is InChI=1S/C52H57F2N9O10/c53-47(54)46-40(57-48(66)41-31-73-50(58-41)36-13-16-55-44(28-36)56-29-33-3-4-33)30-62(60-46)37-8-6-35(7-9-37)43(64)2-1-20-70-22-24-72-25-23-71-21-19-61-17-14-32(15-18-61)26-34-5-10-38-39(27-34)52(69)63(51(38)68)42-11-12-45(65)59-49(42)67/h5-10,13,16,27-28,30-33,42,47H,1-4,11-12,14-15,17-26,29H2,(H,55,56)(H,57,66)(H,59,65,67). The maximum absolute atomic E-state index is 14.1. The number of fused-ring (bicyclic) bond motifs is 1. The van der Waals surface area contributed by atoms with Crippen LogP contribution in [0.3, 0.4) is 0 Å². The number of ether oxygens (including phenoxy) is 3. The number of hydrogen-bond acceptors (Lipinski definition) is 15. The second-order valence-electron chi connectivity index (χ2n) is 18.6. The number of imide groups is 2. The number of carbonyl (C=O) groups is 6. The van der Waals surface area contributed by atoms with Gasteiger partial charge in [0.1, 0.15) is 18.1 Å². The number of anilines is 2. The Bertz CT molecular complexity index is 2810. The summed E-state index contributed by atoms with van der Waals surface area (Å²) < 4.78 is 52.0. The molecule has 384 valence electrons. The fraction of sp³-hybridized carbons (Fsp3) is 0.442. The van der Waals surface area contributed by atoms with Crippen LogP contribution in [-0.4, -0.2) is 137 Å². The molecule has 1 aliphatic carbocycles. The van der Waals surface area contributed by atoms with Crippen molar-refractivity contribution in [3.63, 3.8) is 0 Å². The van der Waals surface area contributed by atoms with E-state index in [1.54, 1.807) is 54.7 Å². The number of likely N-dealkylation sites (tertiary alicyclic amines) is 1. The van der Waals surface area contributed by atoms with Gasteiger partial charge in [0.2, 0.25) is 17.7 Å². The van der Waals surface area contributed by atoms with E-state index in [4.69, 9.17) is 18.6 Å². The van der Waals surface area contributed by atoms with E-state index in [0.717, 1.165) is 62.2 Å². The zero-order valence-electron chi connectivity index (χ0n) is 40.2. The lowest BCUT2D eigenvalue weighted by atomic mass is 9.89. The Hall–Kier alpha value is -7.07. The number of nitrogens with one attached hydrogen (secondary N) is 3. The Morgan fingerprint density at radius 3 is 2.32 bits per heavy atom. The zero-order valence-corrected chi connectivity index (χ0v) is 40.2. The summed E-state index contributed by atoms with van der Waals surface area (Å²) in [5.41, 5.74) is 2.11. The Labute approximate surface area is 419 Å². The predicted molar refractivity (Wildman–Crippen MR) is 259 cm³/mol. The fourth-order valence-electron chi connectivity index (χ4n) is 9.11. The van der Waals surface area contributed by atoms with Crippen molar-refractivity contribution in [3.05, 3.63) is 107 Å². The third-order valence-electron chi connectivity index (χ3n) is 13.4. The summed E-state index contributed by atoms with van der Waals surface area (Å²) in [5.74, 6) is -0.955. The molecule has 2 aromatic carbocycles. The second kappa shape index (κ2) is 23.6. The number of ketones is 1. The number of oxazole rings is 1. The average Bonchev–Trinajstić information content (AvgIpc) is 3.80. The maximum atomic E-state index is 14.1. The summed E-state index contributed by atoms with van der Waals surface area (Å²) >= 11 is 0. The minimum atomic E-state index is -2.99. The van der Waals surface area contributed by atoms with Crippen molar-refractivity contribution in [2.24, 2.45) is 11.8 Å². The predicted octanol–water partition coefficient (Wildman–Crippen LogP) is 6.30. The zero-order chi connectivity index (χ0) is 50.8. The Kier molecular flexibility index (Phi) is 16.5. The molecule has 3 N–H and O–H groups in total. The van der Waals surface area contributed by atoms with Crippen LogP contribution < -0.4 is 16.0 Å². The van der Waals surface area contributed by atoms with Gasteiger partial charge < -0.3 is 34.2 Å². The largest absolute Gasteiger partial charge is 0.444 e. The first kappa shape index (κ1) is 50.9. The molecule has 6 heterocycles. The van der Waals surface area contributed by atoms with Gasteiger partial charge in [-0.25, -0.2) is 23.4 Å². The molecule has 21 heteroatoms. The number of amides is 5. The van der Waals surface area contributed by atoms with Crippen LogP contribution in [0.5, 0.6) is 0 Å². The molecule has 2 saturated heterocycles. The van der Waals surface area contributed by atoms with Gasteiger partial charge in [-0.1, -0.05) is 6.07 Å². The van der Waals surface area contributed by atoms with Crippen molar-refractivity contribution < 1.29 is 56.2 Å². The normalized spacial score (nSPS) is 17.4. The van der Waals surface area contributed by atoms with E-state index < -0.39 is 47.7 Å². The molecule has 19 nitrogen and oxygen atoms in total. The third kappa shape index (κ3) is 12.9. The van der Waals surface area contributed by atoms with Crippen LogP contribution in [0.1, 0.15) is 111 Å². The Morgan fingerprint density at radius 1 is 0.836 bits per heavy atom. The number of aromatic nitrogens is 4. The van der Waals surface area contributed by atoms with Crippen molar-refractivity contribution in [3.8, 4) is 17.1 Å². The molecule has 4 aliphatic rings. The molecule has 0 spiro atoms. The number of nitrogens with zero attached hydrogens (tertiary/aromatic N) is 6. The van der Waals surface area contributed by atoms with Crippen LogP contribution in [0.25, 0.3) is 17.1 Å². The molecule has 1 unspecified atom stereocenters. The molecular formula is C52H57F2N9O10. The highest BCUT2D eigenvalue weighted by Gasteiger charge is 2.44. The van der Waals surface area contributed by atoms with Crippen LogP contribution in [0.15, 0.2) is 77.7 Å². The van der Waals surface area contributed by atoms with Crippen LogP contribution in [0.4, 0.5) is 20.3 Å². The van der Waals surface area contributed by atoms with Crippen molar-refractivity contribution in [1.29, 1.82) is 0 Å². The van der Waals surface area contributed by atoms with Gasteiger partial charge >= 0.3 is 0 Å². The molecule has 0 radical (unpaired) electrons. The number of pyridine rings is 1. The number of piperidine rings is 2. The van der Waals surface area contributed by atoms with Crippen molar-refractivity contribution in [1.82, 2.24) is 34.9 Å². The lowest BCUT2D eigenvalue weighted by Crippen LogP contribution is -2.54. The summed E-state index contributed by atoms with van der Waals surface area (Å²) in [5, 5.41) is 12.0. The van der Waals surface area contributed by atoms with E-state index in [-0.39, 0.29) is 47.9 Å². The van der Waals surface area contributed by atoms with Crippen molar-refractivity contribution in [2.45, 2.75) is 70.3 Å². The number of rotatable bonds is 25. The van der Waals surface area contributed by atoms with Gasteiger partial charge in [0.25, 0.3) is 24.1 Å². The fourth-order valence-corrected chi connectivity index (χ4v) is 9.11. The molecule has 73 heavy (non-hydrogen) atoms. The lowest BCUT2D eigenvalue weighted by Gasteiger charge is -2.32. The summed E-state index contributed by atoms with van der Waals surface area (Å²) in [6, 6.07) is 14.2.